The molecule has 8 amide bonds. The summed E-state index contributed by atoms with van der Waals surface area (Å²) in [5.74, 6) is -12.9. The lowest BCUT2D eigenvalue weighted by atomic mass is 9.93. The predicted molar refractivity (Wildman–Crippen MR) is 221 cm³/mol. The Labute approximate surface area is 367 Å². The number of carbonyl (C=O) groups excluding carboxylic acids is 8. The number of aromatic amines is 1. The normalized spacial score (nSPS) is 28.5. The maximum Gasteiger partial charge on any atom is 0.305 e. The van der Waals surface area contributed by atoms with Crippen LogP contribution in [0.4, 0.5) is 0 Å². The highest BCUT2D eigenvalue weighted by Gasteiger charge is 2.45. The van der Waals surface area contributed by atoms with Crippen molar-refractivity contribution in [3.8, 4) is 5.75 Å². The van der Waals surface area contributed by atoms with E-state index >= 15 is 0 Å². The number of carboxylic acids is 1. The molecule has 0 spiro atoms. The third-order valence-electron chi connectivity index (χ3n) is 11.5. The number of fused-ring (bicyclic) bond motifs is 5. The summed E-state index contributed by atoms with van der Waals surface area (Å²) in [7, 11) is -2.41. The number of hydrogen-bond donors (Lipinski definition) is 13. The molecule has 2 unspecified atom stereocenters. The summed E-state index contributed by atoms with van der Waals surface area (Å²) < 4.78 is 14.5. The van der Waals surface area contributed by atoms with Crippen LogP contribution in [0.15, 0.2) is 23.2 Å². The molecular formula is C39H53N9O15S. The molecule has 1 aromatic heterocycles. The van der Waals surface area contributed by atoms with Crippen molar-refractivity contribution >= 4 is 74.9 Å². The van der Waals surface area contributed by atoms with Crippen molar-refractivity contribution < 1.29 is 72.9 Å². The second-order valence-corrected chi connectivity index (χ2v) is 17.5. The van der Waals surface area contributed by atoms with E-state index in [4.69, 9.17) is 0 Å². The number of carbonyl (C=O) groups is 9. The minimum atomic E-state index is -2.41. The van der Waals surface area contributed by atoms with E-state index in [-0.39, 0.29) is 27.2 Å². The molecule has 0 saturated carbocycles. The number of amides is 8. The van der Waals surface area contributed by atoms with E-state index in [0.717, 1.165) is 4.90 Å². The first-order valence-corrected chi connectivity index (χ1v) is 21.8. The monoisotopic (exact) mass is 919 g/mol. The number of aliphatic hydroxyl groups excluding tert-OH is 3. The van der Waals surface area contributed by atoms with Crippen LogP contribution in [-0.2, 0) is 60.4 Å². The van der Waals surface area contributed by atoms with Crippen LogP contribution < -0.4 is 37.2 Å². The van der Waals surface area contributed by atoms with Gasteiger partial charge in [0.1, 0.15) is 47.0 Å². The lowest BCUT2D eigenvalue weighted by Gasteiger charge is -2.32. The van der Waals surface area contributed by atoms with Crippen LogP contribution in [0.2, 0.25) is 0 Å². The molecule has 3 aliphatic rings. The number of nitrogens with one attached hydrogen (secondary N) is 8. The van der Waals surface area contributed by atoms with E-state index in [1.807, 2.05) is 0 Å². The van der Waals surface area contributed by atoms with Gasteiger partial charge in [-0.15, -0.1) is 0 Å². The molecule has 0 radical (unpaired) electrons. The van der Waals surface area contributed by atoms with Gasteiger partial charge in [-0.2, -0.15) is 0 Å². The quantitative estimate of drug-likeness (QED) is 0.123. The topological polar surface area (TPSA) is 375 Å². The van der Waals surface area contributed by atoms with Crippen molar-refractivity contribution in [3.63, 3.8) is 0 Å². The van der Waals surface area contributed by atoms with Crippen LogP contribution in [0.25, 0.3) is 10.9 Å². The molecular weight excluding hydrogens is 867 g/mol. The Morgan fingerprint density at radius 2 is 1.53 bits per heavy atom. The molecule has 4 heterocycles. The number of H-pyrrole nitrogens is 1. The third-order valence-corrected chi connectivity index (χ3v) is 12.9. The number of rotatable bonds is 7. The molecule has 64 heavy (non-hydrogen) atoms. The molecule has 25 heteroatoms. The van der Waals surface area contributed by atoms with Gasteiger partial charge in [-0.3, -0.25) is 47.4 Å². The summed E-state index contributed by atoms with van der Waals surface area (Å²) in [5.41, 5.74) is 0.220. The number of phenolic OH excluding ortho intramolecular Hbond substituents is 1. The van der Waals surface area contributed by atoms with Gasteiger partial charge in [-0.1, -0.05) is 27.2 Å². The Balaban J connectivity index is 1.73. The molecule has 1 fully saturated rings. The number of nitrogens with zero attached hydrogens (tertiary/aromatic N) is 1. The van der Waals surface area contributed by atoms with Gasteiger partial charge in [0.05, 0.1) is 60.4 Å². The number of aromatic hydroxyl groups is 1. The summed E-state index contributed by atoms with van der Waals surface area (Å²) in [6.45, 7) is 1.64. The largest absolute Gasteiger partial charge is 0.508 e. The SMILES string of the molecule is CC[C@H](C)[C@@H]1NC(=O)CNC(=O)[C@@H]2Cc3c([nH]c4cc(O)ccc34)S(=O)C[C@H](NC(=O)CNC1=O)C(=O)NC(CC(=O)O)C(=O)N1C[C@H](O)C[C@H]1C(=O)N[C@@H]([C@@H](C)[C@@H](O)CO)C(=O)N2. The van der Waals surface area contributed by atoms with E-state index in [1.54, 1.807) is 13.8 Å². The molecule has 2 bridgehead atoms. The van der Waals surface area contributed by atoms with Gasteiger partial charge in [0.15, 0.2) is 0 Å². The number of aromatic nitrogens is 1. The summed E-state index contributed by atoms with van der Waals surface area (Å²) in [4.78, 5) is 127. The van der Waals surface area contributed by atoms with Crippen LogP contribution >= 0.6 is 0 Å². The van der Waals surface area contributed by atoms with Gasteiger partial charge in [0.25, 0.3) is 0 Å². The second-order valence-electron chi connectivity index (χ2n) is 16.1. The zero-order valence-corrected chi connectivity index (χ0v) is 35.9. The summed E-state index contributed by atoms with van der Waals surface area (Å²) >= 11 is 0. The molecule has 2 aromatic rings. The molecule has 5 rings (SSSR count). The van der Waals surface area contributed by atoms with E-state index in [2.05, 4.69) is 42.2 Å². The van der Waals surface area contributed by atoms with E-state index < -0.39 is 176 Å². The second kappa shape index (κ2) is 21.0. The Morgan fingerprint density at radius 3 is 2.19 bits per heavy atom. The van der Waals surface area contributed by atoms with Crippen molar-refractivity contribution in [2.24, 2.45) is 11.8 Å². The van der Waals surface area contributed by atoms with Gasteiger partial charge in [0.2, 0.25) is 47.3 Å². The number of phenols is 1. The maximum atomic E-state index is 14.5. The van der Waals surface area contributed by atoms with Crippen LogP contribution in [0.3, 0.4) is 0 Å². The maximum absolute atomic E-state index is 14.5. The van der Waals surface area contributed by atoms with Crippen molar-refractivity contribution in [1.82, 2.24) is 47.1 Å². The molecule has 1 aromatic carbocycles. The third kappa shape index (κ3) is 11.5. The minimum Gasteiger partial charge on any atom is -0.508 e. The van der Waals surface area contributed by atoms with E-state index in [9.17, 15) is 72.9 Å². The molecule has 350 valence electrons. The van der Waals surface area contributed by atoms with Crippen LogP contribution in [0.1, 0.15) is 45.6 Å². The highest BCUT2D eigenvalue weighted by atomic mass is 32.2. The van der Waals surface area contributed by atoms with Crippen molar-refractivity contribution in [2.75, 3.05) is 32.0 Å². The molecule has 1 saturated heterocycles. The fraction of sp³-hybridized carbons (Fsp3) is 0.564. The fourth-order valence-electron chi connectivity index (χ4n) is 7.67. The van der Waals surface area contributed by atoms with E-state index in [1.165, 1.54) is 25.1 Å². The molecule has 13 N–H and O–H groups in total. The molecule has 0 aliphatic carbocycles. The number of aliphatic hydroxyl groups is 3. The highest BCUT2D eigenvalue weighted by Crippen LogP contribution is 2.30. The summed E-state index contributed by atoms with van der Waals surface area (Å²) in [6.07, 6.45) is -4.74. The first-order chi connectivity index (χ1) is 30.2. The van der Waals surface area contributed by atoms with Gasteiger partial charge >= 0.3 is 5.97 Å². The lowest BCUT2D eigenvalue weighted by molar-refractivity contribution is -0.146. The first-order valence-electron chi connectivity index (χ1n) is 20.5. The van der Waals surface area contributed by atoms with Crippen LogP contribution in [0.5, 0.6) is 5.75 Å². The summed E-state index contributed by atoms with van der Waals surface area (Å²) in [6, 6.07) is -6.28. The Hall–Kier alpha value is -6.18. The fourth-order valence-corrected chi connectivity index (χ4v) is 9.07. The molecule has 3 aliphatic heterocycles. The van der Waals surface area contributed by atoms with Gasteiger partial charge < -0.3 is 72.6 Å². The first kappa shape index (κ1) is 48.8. The predicted octanol–water partition coefficient (Wildman–Crippen LogP) is -5.32. The standard InChI is InChI=1S/C39H53N9O15S/c1-4-16(2)31-36(60)41-11-28(53)42-25-15-64(63)38-21(20-6-5-18(50)7-22(20)45-38)9-23(33(57)40-12-29(54)46-31)43-37(61)32(17(3)27(52)14-49)47-35(59)26-8-19(51)13-48(26)39(62)24(10-30(55)56)44-34(25)58/h5-7,16-17,19,23-27,31-32,45,49-52H,4,8-15H2,1-3H3,(H,40,57)(H,41,60)(H,42,53)(H,43,61)(H,44,58)(H,46,54)(H,47,59)(H,55,56)/t16-,17-,19+,23-,24?,25-,26-,27-,31-,32-,64?/m0/s1. The summed E-state index contributed by atoms with van der Waals surface area (Å²) in [5, 5.41) is 68.3. The number of hydrogen-bond acceptors (Lipinski definition) is 14. The molecule has 11 atom stereocenters. The van der Waals surface area contributed by atoms with Crippen molar-refractivity contribution in [3.05, 3.63) is 23.8 Å². The van der Waals surface area contributed by atoms with Crippen molar-refractivity contribution in [1.29, 1.82) is 0 Å². The lowest BCUT2D eigenvalue weighted by Crippen LogP contribution is -2.62. The minimum absolute atomic E-state index is 0.0635. The smallest absolute Gasteiger partial charge is 0.305 e. The van der Waals surface area contributed by atoms with Crippen LogP contribution in [0, 0.1) is 11.8 Å². The Kier molecular flexibility index (Phi) is 16.0. The van der Waals surface area contributed by atoms with E-state index in [0.29, 0.717) is 6.42 Å². The van der Waals surface area contributed by atoms with Gasteiger partial charge in [-0.05, 0) is 23.6 Å². The number of carboxylic acid groups (broad SMARTS) is 1. The van der Waals surface area contributed by atoms with Crippen LogP contribution in [-0.4, -0.2) is 173 Å². The zero-order chi connectivity index (χ0) is 47.2. The molecule has 24 nitrogen and oxygen atoms in total. The average Bonchev–Trinajstić information content (AvgIpc) is 3.82. The van der Waals surface area contributed by atoms with Crippen molar-refractivity contribution in [2.45, 2.75) is 99.9 Å². The number of aliphatic carboxylic acids is 1. The number of benzene rings is 1. The Bertz CT molecular complexity index is 2200. The average molecular weight is 920 g/mol. The van der Waals surface area contributed by atoms with Gasteiger partial charge in [-0.25, -0.2) is 0 Å². The Morgan fingerprint density at radius 1 is 0.859 bits per heavy atom. The van der Waals surface area contributed by atoms with Gasteiger partial charge in [0, 0.05) is 36.8 Å². The highest BCUT2D eigenvalue weighted by molar-refractivity contribution is 7.85. The zero-order valence-electron chi connectivity index (χ0n) is 35.0.